The highest BCUT2D eigenvalue weighted by molar-refractivity contribution is 5.97. The molecule has 2 N–H and O–H groups in total. The van der Waals surface area contributed by atoms with Crippen LogP contribution >= 0.6 is 0 Å². The maximum absolute atomic E-state index is 11.0. The van der Waals surface area contributed by atoms with Crippen LogP contribution in [0.3, 0.4) is 0 Å². The van der Waals surface area contributed by atoms with Gasteiger partial charge in [-0.15, -0.1) is 0 Å². The Kier molecular flexibility index (Phi) is 1.72. The Hall–Kier alpha value is -0.900. The minimum Gasteiger partial charge on any atom is -0.273 e. The van der Waals surface area contributed by atoms with Crippen molar-refractivity contribution in [1.82, 2.24) is 5.01 Å². The van der Waals surface area contributed by atoms with Crippen molar-refractivity contribution < 1.29 is 9.59 Å². The smallest absolute Gasteiger partial charge is 0.244 e. The van der Waals surface area contributed by atoms with Crippen LogP contribution in [0.25, 0.3) is 0 Å². The monoisotopic (exact) mass is 156 g/mol. The zero-order chi connectivity index (χ0) is 8.65. The molecule has 0 aromatic rings. The SMILES string of the molecule is CC1(C)CC(=O)N(N)C(=O)C1. The number of piperidine rings is 1. The Balaban J connectivity index is 2.78. The lowest BCUT2D eigenvalue weighted by atomic mass is 9.82. The molecule has 1 aliphatic heterocycles. The summed E-state index contributed by atoms with van der Waals surface area (Å²) in [6.45, 7) is 3.77. The van der Waals surface area contributed by atoms with Crippen molar-refractivity contribution in [2.75, 3.05) is 0 Å². The lowest BCUT2D eigenvalue weighted by molar-refractivity contribution is -0.152. The quantitative estimate of drug-likeness (QED) is 0.306. The number of amides is 2. The Morgan fingerprint density at radius 3 is 2.00 bits per heavy atom. The molecule has 0 bridgehead atoms. The third-order valence-corrected chi connectivity index (χ3v) is 1.80. The van der Waals surface area contributed by atoms with Crippen LogP contribution in [0.5, 0.6) is 0 Å². The number of hydrogen-bond acceptors (Lipinski definition) is 3. The minimum absolute atomic E-state index is 0.218. The molecule has 1 rings (SSSR count). The average molecular weight is 156 g/mol. The first kappa shape index (κ1) is 8.20. The fourth-order valence-corrected chi connectivity index (χ4v) is 1.19. The Morgan fingerprint density at radius 2 is 1.64 bits per heavy atom. The van der Waals surface area contributed by atoms with Gasteiger partial charge in [-0.25, -0.2) is 10.9 Å². The topological polar surface area (TPSA) is 63.4 Å². The van der Waals surface area contributed by atoms with Crippen molar-refractivity contribution in [3.63, 3.8) is 0 Å². The lowest BCUT2D eigenvalue weighted by Gasteiger charge is -2.31. The fourth-order valence-electron chi connectivity index (χ4n) is 1.19. The molecule has 4 nitrogen and oxygen atoms in total. The number of nitrogens with zero attached hydrogens (tertiary/aromatic N) is 1. The summed E-state index contributed by atoms with van der Waals surface area (Å²) in [6.07, 6.45) is 0.713. The van der Waals surface area contributed by atoms with E-state index in [2.05, 4.69) is 0 Å². The van der Waals surface area contributed by atoms with Gasteiger partial charge in [-0.3, -0.25) is 9.59 Å². The van der Waals surface area contributed by atoms with E-state index in [4.69, 9.17) is 5.84 Å². The average Bonchev–Trinajstić information content (AvgIpc) is 1.81. The van der Waals surface area contributed by atoms with Crippen molar-refractivity contribution >= 4 is 11.8 Å². The highest BCUT2D eigenvalue weighted by Crippen LogP contribution is 2.29. The molecule has 1 fully saturated rings. The second kappa shape index (κ2) is 2.30. The summed E-state index contributed by atoms with van der Waals surface area (Å²) in [5.41, 5.74) is -0.218. The summed E-state index contributed by atoms with van der Waals surface area (Å²) >= 11 is 0. The number of hydrogen-bond donors (Lipinski definition) is 1. The number of hydrazine groups is 1. The Bertz CT molecular complexity index is 190. The van der Waals surface area contributed by atoms with Gasteiger partial charge in [0, 0.05) is 12.8 Å². The number of rotatable bonds is 0. The third-order valence-electron chi connectivity index (χ3n) is 1.80. The highest BCUT2D eigenvalue weighted by atomic mass is 16.2. The predicted molar refractivity (Wildman–Crippen MR) is 39.1 cm³/mol. The van der Waals surface area contributed by atoms with E-state index in [0.29, 0.717) is 17.9 Å². The van der Waals surface area contributed by atoms with Crippen LogP contribution in [0.15, 0.2) is 0 Å². The van der Waals surface area contributed by atoms with E-state index in [1.54, 1.807) is 0 Å². The molecule has 2 amide bonds. The second-order valence-corrected chi connectivity index (χ2v) is 3.68. The molecule has 0 spiro atoms. The molecule has 62 valence electrons. The summed E-state index contributed by atoms with van der Waals surface area (Å²) in [7, 11) is 0. The van der Waals surface area contributed by atoms with Gasteiger partial charge >= 0.3 is 0 Å². The van der Waals surface area contributed by atoms with Gasteiger partial charge in [0.05, 0.1) is 0 Å². The lowest BCUT2D eigenvalue weighted by Crippen LogP contribution is -2.49. The van der Waals surface area contributed by atoms with Gasteiger partial charge in [0.1, 0.15) is 0 Å². The van der Waals surface area contributed by atoms with Gasteiger partial charge in [-0.2, -0.15) is 0 Å². The predicted octanol–water partition coefficient (Wildman–Crippen LogP) is 0.0353. The maximum atomic E-state index is 11.0. The van der Waals surface area contributed by atoms with Crippen LogP contribution in [-0.2, 0) is 9.59 Å². The molecule has 0 aliphatic carbocycles. The molecule has 1 heterocycles. The molecule has 0 aromatic carbocycles. The van der Waals surface area contributed by atoms with E-state index in [0.717, 1.165) is 0 Å². The number of carbonyl (C=O) groups is 2. The molecule has 11 heavy (non-hydrogen) atoms. The van der Waals surface area contributed by atoms with Crippen LogP contribution in [0, 0.1) is 5.41 Å². The summed E-state index contributed by atoms with van der Waals surface area (Å²) < 4.78 is 0. The van der Waals surface area contributed by atoms with Crippen molar-refractivity contribution in [3.05, 3.63) is 0 Å². The van der Waals surface area contributed by atoms with E-state index in [1.807, 2.05) is 13.8 Å². The maximum Gasteiger partial charge on any atom is 0.244 e. The zero-order valence-corrected chi connectivity index (χ0v) is 6.76. The number of carbonyl (C=O) groups excluding carboxylic acids is 2. The van der Waals surface area contributed by atoms with E-state index in [1.165, 1.54) is 0 Å². The highest BCUT2D eigenvalue weighted by Gasteiger charge is 2.35. The molecule has 1 saturated heterocycles. The number of imide groups is 1. The van der Waals surface area contributed by atoms with Crippen molar-refractivity contribution in [3.8, 4) is 0 Å². The molecule has 0 radical (unpaired) electrons. The van der Waals surface area contributed by atoms with E-state index >= 15 is 0 Å². The van der Waals surface area contributed by atoms with Gasteiger partial charge < -0.3 is 0 Å². The first-order chi connectivity index (χ1) is 4.92. The van der Waals surface area contributed by atoms with E-state index in [-0.39, 0.29) is 17.2 Å². The van der Waals surface area contributed by atoms with Crippen molar-refractivity contribution in [2.24, 2.45) is 11.3 Å². The van der Waals surface area contributed by atoms with Gasteiger partial charge in [0.2, 0.25) is 11.8 Å². The van der Waals surface area contributed by atoms with Crippen LogP contribution in [0.4, 0.5) is 0 Å². The van der Waals surface area contributed by atoms with Crippen molar-refractivity contribution in [1.29, 1.82) is 0 Å². The Morgan fingerprint density at radius 1 is 1.27 bits per heavy atom. The minimum atomic E-state index is -0.286. The third kappa shape index (κ3) is 1.57. The molecular weight excluding hydrogens is 144 g/mol. The van der Waals surface area contributed by atoms with Gasteiger partial charge in [0.15, 0.2) is 0 Å². The zero-order valence-electron chi connectivity index (χ0n) is 6.76. The molecule has 0 atom stereocenters. The van der Waals surface area contributed by atoms with Crippen molar-refractivity contribution in [2.45, 2.75) is 26.7 Å². The molecule has 0 aromatic heterocycles. The largest absolute Gasteiger partial charge is 0.273 e. The van der Waals surface area contributed by atoms with Crippen LogP contribution < -0.4 is 5.84 Å². The molecule has 4 heteroatoms. The number of nitrogens with two attached hydrogens (primary N) is 1. The second-order valence-electron chi connectivity index (χ2n) is 3.68. The fraction of sp³-hybridized carbons (Fsp3) is 0.714. The van der Waals surface area contributed by atoms with Gasteiger partial charge in [-0.05, 0) is 5.41 Å². The van der Waals surface area contributed by atoms with E-state index < -0.39 is 0 Å². The van der Waals surface area contributed by atoms with Crippen LogP contribution in [0.2, 0.25) is 0 Å². The summed E-state index contributed by atoms with van der Waals surface area (Å²) in [5, 5.41) is 0.714. The standard InChI is InChI=1S/C7H12N2O2/c1-7(2)3-5(10)9(8)6(11)4-7/h3-4,8H2,1-2H3. The molecule has 1 aliphatic rings. The van der Waals surface area contributed by atoms with Crippen LogP contribution in [0.1, 0.15) is 26.7 Å². The molecule has 0 unspecified atom stereocenters. The summed E-state index contributed by atoms with van der Waals surface area (Å²) in [5.74, 6) is 4.61. The first-order valence-corrected chi connectivity index (χ1v) is 3.53. The van der Waals surface area contributed by atoms with E-state index in [9.17, 15) is 9.59 Å². The molecule has 0 saturated carbocycles. The molecular formula is C7H12N2O2. The van der Waals surface area contributed by atoms with Gasteiger partial charge in [-0.1, -0.05) is 13.8 Å². The van der Waals surface area contributed by atoms with Crippen LogP contribution in [-0.4, -0.2) is 16.8 Å². The summed E-state index contributed by atoms with van der Waals surface area (Å²) in [4.78, 5) is 22.0. The normalized spacial score (nSPS) is 24.1. The first-order valence-electron chi connectivity index (χ1n) is 3.53. The summed E-state index contributed by atoms with van der Waals surface area (Å²) in [6, 6.07) is 0. The van der Waals surface area contributed by atoms with Gasteiger partial charge in [0.25, 0.3) is 0 Å². The Labute approximate surface area is 65.3 Å².